The molecule has 0 unspecified atom stereocenters. The van der Waals surface area contributed by atoms with Gasteiger partial charge in [0.1, 0.15) is 0 Å². The Labute approximate surface area is 93.0 Å². The van der Waals surface area contributed by atoms with E-state index in [4.69, 9.17) is 0 Å². The molecule has 0 aromatic heterocycles. The Morgan fingerprint density at radius 2 is 2.06 bits per heavy atom. The van der Waals surface area contributed by atoms with Gasteiger partial charge in [0.25, 0.3) is 0 Å². The van der Waals surface area contributed by atoms with Gasteiger partial charge in [-0.15, -0.1) is 0 Å². The van der Waals surface area contributed by atoms with E-state index in [9.17, 15) is 18.0 Å². The highest BCUT2D eigenvalue weighted by Crippen LogP contribution is 2.27. The van der Waals surface area contributed by atoms with Crippen LogP contribution in [0.15, 0.2) is 0 Å². The van der Waals surface area contributed by atoms with E-state index in [0.29, 0.717) is 6.54 Å². The standard InChI is InChI=1S/C10H17F3N2O/c1-9(2)4-3-5-15(9)8(16)6-14-7-10(11,12)13/h14H,3-7H2,1-2H3. The molecule has 1 heterocycles. The zero-order valence-electron chi connectivity index (χ0n) is 9.52. The van der Waals surface area contributed by atoms with Crippen molar-refractivity contribution in [1.82, 2.24) is 10.2 Å². The van der Waals surface area contributed by atoms with Crippen LogP contribution in [0.2, 0.25) is 0 Å². The molecule has 1 N–H and O–H groups in total. The lowest BCUT2D eigenvalue weighted by Crippen LogP contribution is -2.47. The lowest BCUT2D eigenvalue weighted by atomic mass is 10.0. The van der Waals surface area contributed by atoms with Crippen molar-refractivity contribution in [3.63, 3.8) is 0 Å². The molecule has 6 heteroatoms. The third-order valence-electron chi connectivity index (χ3n) is 2.80. The number of alkyl halides is 3. The summed E-state index contributed by atoms with van der Waals surface area (Å²) in [7, 11) is 0. The van der Waals surface area contributed by atoms with Crippen LogP contribution < -0.4 is 5.32 Å². The number of rotatable bonds is 3. The van der Waals surface area contributed by atoms with Crippen LogP contribution in [0.4, 0.5) is 13.2 Å². The van der Waals surface area contributed by atoms with Gasteiger partial charge < -0.3 is 10.2 Å². The van der Waals surface area contributed by atoms with Gasteiger partial charge in [-0.3, -0.25) is 4.79 Å². The Morgan fingerprint density at radius 1 is 1.44 bits per heavy atom. The Bertz CT molecular complexity index is 263. The van der Waals surface area contributed by atoms with Gasteiger partial charge in [-0.05, 0) is 26.7 Å². The van der Waals surface area contributed by atoms with Gasteiger partial charge in [-0.25, -0.2) is 0 Å². The number of amides is 1. The first-order chi connectivity index (χ1) is 7.22. The van der Waals surface area contributed by atoms with Crippen molar-refractivity contribution in [2.45, 2.75) is 38.4 Å². The molecule has 1 aliphatic rings. The van der Waals surface area contributed by atoms with Gasteiger partial charge in [-0.1, -0.05) is 0 Å². The van der Waals surface area contributed by atoms with E-state index in [0.717, 1.165) is 12.8 Å². The second-order valence-electron chi connectivity index (χ2n) is 4.68. The molecule has 0 aromatic carbocycles. The van der Waals surface area contributed by atoms with Gasteiger partial charge >= 0.3 is 6.18 Å². The highest BCUT2D eigenvalue weighted by Gasteiger charge is 2.35. The maximum absolute atomic E-state index is 11.8. The number of hydrogen-bond acceptors (Lipinski definition) is 2. The molecule has 1 saturated heterocycles. The van der Waals surface area contributed by atoms with Gasteiger partial charge in [0.2, 0.25) is 5.91 Å². The molecule has 0 aliphatic carbocycles. The van der Waals surface area contributed by atoms with Crippen molar-refractivity contribution in [3.05, 3.63) is 0 Å². The van der Waals surface area contributed by atoms with Crippen LogP contribution in [0.5, 0.6) is 0 Å². The summed E-state index contributed by atoms with van der Waals surface area (Å²) in [4.78, 5) is 13.3. The zero-order valence-corrected chi connectivity index (χ0v) is 9.52. The zero-order chi connectivity index (χ0) is 12.4. The Kier molecular flexibility index (Phi) is 3.83. The molecule has 1 rings (SSSR count). The van der Waals surface area contributed by atoms with Crippen molar-refractivity contribution >= 4 is 5.91 Å². The molecular weight excluding hydrogens is 221 g/mol. The third-order valence-corrected chi connectivity index (χ3v) is 2.80. The number of nitrogens with zero attached hydrogens (tertiary/aromatic N) is 1. The molecule has 0 spiro atoms. The van der Waals surface area contributed by atoms with E-state index >= 15 is 0 Å². The number of carbonyl (C=O) groups excluding carboxylic acids is 1. The summed E-state index contributed by atoms with van der Waals surface area (Å²) in [6.07, 6.45) is -2.45. The monoisotopic (exact) mass is 238 g/mol. The fraction of sp³-hybridized carbons (Fsp3) is 0.900. The lowest BCUT2D eigenvalue weighted by Gasteiger charge is -2.31. The Morgan fingerprint density at radius 3 is 2.50 bits per heavy atom. The van der Waals surface area contributed by atoms with Crippen molar-refractivity contribution < 1.29 is 18.0 Å². The predicted molar refractivity (Wildman–Crippen MR) is 54.0 cm³/mol. The summed E-state index contributed by atoms with van der Waals surface area (Å²) in [6, 6.07) is 0. The van der Waals surface area contributed by atoms with Crippen LogP contribution in [-0.4, -0.2) is 42.2 Å². The average molecular weight is 238 g/mol. The molecule has 94 valence electrons. The molecule has 0 saturated carbocycles. The first-order valence-corrected chi connectivity index (χ1v) is 5.30. The summed E-state index contributed by atoms with van der Waals surface area (Å²) in [5, 5.41) is 2.12. The minimum absolute atomic E-state index is 0.225. The van der Waals surface area contributed by atoms with E-state index in [2.05, 4.69) is 5.32 Å². The molecule has 16 heavy (non-hydrogen) atoms. The smallest absolute Gasteiger partial charge is 0.336 e. The van der Waals surface area contributed by atoms with E-state index in [1.807, 2.05) is 13.8 Å². The minimum Gasteiger partial charge on any atom is -0.336 e. The molecular formula is C10H17F3N2O. The summed E-state index contributed by atoms with van der Waals surface area (Å²) in [6.45, 7) is 3.14. The second kappa shape index (κ2) is 4.61. The van der Waals surface area contributed by atoms with Crippen LogP contribution in [0, 0.1) is 0 Å². The fourth-order valence-electron chi connectivity index (χ4n) is 1.98. The van der Waals surface area contributed by atoms with Crippen molar-refractivity contribution in [3.8, 4) is 0 Å². The van der Waals surface area contributed by atoms with Crippen LogP contribution in [0.3, 0.4) is 0 Å². The van der Waals surface area contributed by atoms with Crippen LogP contribution in [-0.2, 0) is 4.79 Å². The summed E-state index contributed by atoms with van der Waals surface area (Å²) >= 11 is 0. The molecule has 0 radical (unpaired) electrons. The van der Waals surface area contributed by atoms with E-state index in [1.54, 1.807) is 4.90 Å². The maximum Gasteiger partial charge on any atom is 0.401 e. The normalized spacial score (nSPS) is 20.2. The summed E-state index contributed by atoms with van der Waals surface area (Å²) in [5.41, 5.74) is -0.225. The first-order valence-electron chi connectivity index (χ1n) is 5.30. The van der Waals surface area contributed by atoms with E-state index in [1.165, 1.54) is 0 Å². The Balaban J connectivity index is 2.36. The van der Waals surface area contributed by atoms with E-state index < -0.39 is 12.7 Å². The molecule has 0 bridgehead atoms. The lowest BCUT2D eigenvalue weighted by molar-refractivity contribution is -0.136. The van der Waals surface area contributed by atoms with Crippen molar-refractivity contribution in [1.29, 1.82) is 0 Å². The molecule has 1 aliphatic heterocycles. The van der Waals surface area contributed by atoms with Crippen LogP contribution in [0.1, 0.15) is 26.7 Å². The molecule has 3 nitrogen and oxygen atoms in total. The molecule has 0 aromatic rings. The average Bonchev–Trinajstić information content (AvgIpc) is 2.42. The van der Waals surface area contributed by atoms with Crippen molar-refractivity contribution in [2.24, 2.45) is 0 Å². The molecule has 1 amide bonds. The van der Waals surface area contributed by atoms with Crippen LogP contribution >= 0.6 is 0 Å². The summed E-state index contributed by atoms with van der Waals surface area (Å²) in [5.74, 6) is -0.258. The van der Waals surface area contributed by atoms with E-state index in [-0.39, 0.29) is 18.0 Å². The van der Waals surface area contributed by atoms with Gasteiger partial charge in [-0.2, -0.15) is 13.2 Å². The van der Waals surface area contributed by atoms with Gasteiger partial charge in [0.05, 0.1) is 13.1 Å². The number of nitrogens with one attached hydrogen (secondary N) is 1. The largest absolute Gasteiger partial charge is 0.401 e. The molecule has 0 atom stereocenters. The first kappa shape index (κ1) is 13.3. The van der Waals surface area contributed by atoms with Crippen molar-refractivity contribution in [2.75, 3.05) is 19.6 Å². The van der Waals surface area contributed by atoms with Crippen LogP contribution in [0.25, 0.3) is 0 Å². The third kappa shape index (κ3) is 3.66. The Hall–Kier alpha value is -0.780. The maximum atomic E-state index is 11.8. The quantitative estimate of drug-likeness (QED) is 0.809. The topological polar surface area (TPSA) is 32.3 Å². The minimum atomic E-state index is -4.26. The second-order valence-corrected chi connectivity index (χ2v) is 4.68. The predicted octanol–water partition coefficient (Wildman–Crippen LogP) is 1.54. The number of halogens is 3. The number of hydrogen-bond donors (Lipinski definition) is 1. The highest BCUT2D eigenvalue weighted by atomic mass is 19.4. The SMILES string of the molecule is CC1(C)CCCN1C(=O)CNCC(F)(F)F. The summed E-state index contributed by atoms with van der Waals surface area (Å²) < 4.78 is 35.5. The number of likely N-dealkylation sites (tertiary alicyclic amines) is 1. The highest BCUT2D eigenvalue weighted by molar-refractivity contribution is 5.79. The van der Waals surface area contributed by atoms with Gasteiger partial charge in [0, 0.05) is 12.1 Å². The van der Waals surface area contributed by atoms with Gasteiger partial charge in [0.15, 0.2) is 0 Å². The molecule has 1 fully saturated rings. The number of carbonyl (C=O) groups is 1. The fourth-order valence-corrected chi connectivity index (χ4v) is 1.98.